The molecule has 0 saturated carbocycles. The standard InChI is InChI=1S/C15H19N3O2/c1-15(2,20)12-8-5-9-18(12)14(19)13-10-6-3-4-7-11(10)16-17-13/h3-4,6-7,12,20H,5,8-9H2,1-2H3,(H,16,17)/t12-/m0/s1. The highest BCUT2D eigenvalue weighted by atomic mass is 16.3. The van der Waals surface area contributed by atoms with Crippen LogP contribution in [0.3, 0.4) is 0 Å². The number of benzene rings is 1. The SMILES string of the molecule is CC(C)(O)[C@@H]1CCCN1C(=O)c1n[nH]c2ccccc12. The summed E-state index contributed by atoms with van der Waals surface area (Å²) < 4.78 is 0. The molecule has 1 saturated heterocycles. The van der Waals surface area contributed by atoms with E-state index in [-0.39, 0.29) is 11.9 Å². The minimum Gasteiger partial charge on any atom is -0.388 e. The third-order valence-electron chi connectivity index (χ3n) is 4.00. The lowest BCUT2D eigenvalue weighted by atomic mass is 9.96. The molecule has 1 aromatic carbocycles. The van der Waals surface area contributed by atoms with Gasteiger partial charge in [0.25, 0.3) is 5.91 Å². The molecule has 3 rings (SSSR count). The maximum atomic E-state index is 12.7. The van der Waals surface area contributed by atoms with Crippen molar-refractivity contribution in [2.24, 2.45) is 0 Å². The molecule has 5 nitrogen and oxygen atoms in total. The third-order valence-corrected chi connectivity index (χ3v) is 4.00. The zero-order valence-electron chi connectivity index (χ0n) is 11.8. The monoisotopic (exact) mass is 273 g/mol. The number of H-pyrrole nitrogens is 1. The molecule has 1 amide bonds. The highest BCUT2D eigenvalue weighted by Crippen LogP contribution is 2.29. The van der Waals surface area contributed by atoms with Crippen molar-refractivity contribution in [1.82, 2.24) is 15.1 Å². The predicted molar refractivity (Wildman–Crippen MR) is 76.5 cm³/mol. The van der Waals surface area contributed by atoms with Crippen molar-refractivity contribution in [3.8, 4) is 0 Å². The number of aliphatic hydroxyl groups is 1. The summed E-state index contributed by atoms with van der Waals surface area (Å²) in [5.74, 6) is -0.105. The first-order valence-corrected chi connectivity index (χ1v) is 6.95. The molecule has 0 spiro atoms. The van der Waals surface area contributed by atoms with Crippen LogP contribution in [0.1, 0.15) is 37.2 Å². The number of fused-ring (bicyclic) bond motifs is 1. The lowest BCUT2D eigenvalue weighted by molar-refractivity contribution is 0.000187. The summed E-state index contributed by atoms with van der Waals surface area (Å²) in [7, 11) is 0. The molecule has 1 aliphatic heterocycles. The van der Waals surface area contributed by atoms with E-state index < -0.39 is 5.60 Å². The van der Waals surface area contributed by atoms with Crippen molar-refractivity contribution in [3.05, 3.63) is 30.0 Å². The van der Waals surface area contributed by atoms with Crippen molar-refractivity contribution in [2.75, 3.05) is 6.54 Å². The molecule has 0 unspecified atom stereocenters. The van der Waals surface area contributed by atoms with Gasteiger partial charge >= 0.3 is 0 Å². The molecule has 0 aliphatic carbocycles. The maximum absolute atomic E-state index is 12.7. The molecule has 1 fully saturated rings. The van der Waals surface area contributed by atoms with Crippen molar-refractivity contribution in [1.29, 1.82) is 0 Å². The summed E-state index contributed by atoms with van der Waals surface area (Å²) in [4.78, 5) is 14.5. The first kappa shape index (κ1) is 13.1. The Kier molecular flexibility index (Phi) is 3.01. The Morgan fingerprint density at radius 3 is 2.95 bits per heavy atom. The molecular formula is C15H19N3O2. The summed E-state index contributed by atoms with van der Waals surface area (Å²) >= 11 is 0. The normalized spacial score (nSPS) is 19.8. The number of amides is 1. The Morgan fingerprint density at radius 1 is 1.45 bits per heavy atom. The van der Waals surface area contributed by atoms with Crippen LogP contribution in [-0.4, -0.2) is 44.3 Å². The average molecular weight is 273 g/mol. The van der Waals surface area contributed by atoms with Crippen LogP contribution in [-0.2, 0) is 0 Å². The third kappa shape index (κ3) is 2.08. The van der Waals surface area contributed by atoms with Gasteiger partial charge in [0.2, 0.25) is 0 Å². The second kappa shape index (κ2) is 4.59. The van der Waals surface area contributed by atoms with Crippen LogP contribution in [0.2, 0.25) is 0 Å². The number of rotatable bonds is 2. The molecule has 106 valence electrons. The van der Waals surface area contributed by atoms with Gasteiger partial charge in [0.05, 0.1) is 17.2 Å². The Labute approximate surface area is 117 Å². The lowest BCUT2D eigenvalue weighted by Crippen LogP contribution is -2.48. The number of nitrogens with one attached hydrogen (secondary N) is 1. The summed E-state index contributed by atoms with van der Waals surface area (Å²) in [6, 6.07) is 7.44. The number of nitrogens with zero attached hydrogens (tertiary/aromatic N) is 2. The minimum absolute atomic E-state index is 0.105. The minimum atomic E-state index is -0.891. The Bertz CT molecular complexity index is 642. The van der Waals surface area contributed by atoms with Gasteiger partial charge in [-0.15, -0.1) is 0 Å². The first-order chi connectivity index (χ1) is 9.48. The Morgan fingerprint density at radius 2 is 2.20 bits per heavy atom. The number of aromatic nitrogens is 2. The zero-order valence-corrected chi connectivity index (χ0v) is 11.8. The highest BCUT2D eigenvalue weighted by Gasteiger charge is 2.39. The van der Waals surface area contributed by atoms with Crippen LogP contribution < -0.4 is 0 Å². The topological polar surface area (TPSA) is 69.2 Å². The molecule has 1 aliphatic rings. The fraction of sp³-hybridized carbons (Fsp3) is 0.467. The van der Waals surface area contributed by atoms with Crippen molar-refractivity contribution in [3.63, 3.8) is 0 Å². The maximum Gasteiger partial charge on any atom is 0.275 e. The molecule has 5 heteroatoms. The van der Waals surface area contributed by atoms with Crippen LogP contribution in [0.5, 0.6) is 0 Å². The lowest BCUT2D eigenvalue weighted by Gasteiger charge is -2.33. The average Bonchev–Trinajstić information content (AvgIpc) is 3.04. The van der Waals surface area contributed by atoms with Gasteiger partial charge in [0, 0.05) is 11.9 Å². The van der Waals surface area contributed by atoms with E-state index in [1.807, 2.05) is 24.3 Å². The van der Waals surface area contributed by atoms with Gasteiger partial charge in [-0.3, -0.25) is 9.89 Å². The molecule has 0 radical (unpaired) electrons. The number of carbonyl (C=O) groups excluding carboxylic acids is 1. The second-order valence-corrected chi connectivity index (χ2v) is 5.93. The molecule has 0 bridgehead atoms. The van der Waals surface area contributed by atoms with Crippen molar-refractivity contribution in [2.45, 2.75) is 38.3 Å². The molecule has 1 aromatic heterocycles. The quantitative estimate of drug-likeness (QED) is 0.878. The summed E-state index contributed by atoms with van der Waals surface area (Å²) in [6.45, 7) is 4.19. The van der Waals surface area contributed by atoms with Gasteiger partial charge in [-0.1, -0.05) is 18.2 Å². The van der Waals surface area contributed by atoms with Gasteiger partial charge in [0.1, 0.15) is 0 Å². The van der Waals surface area contributed by atoms with Gasteiger partial charge in [-0.05, 0) is 32.8 Å². The van der Waals surface area contributed by atoms with E-state index in [9.17, 15) is 9.90 Å². The van der Waals surface area contributed by atoms with E-state index in [4.69, 9.17) is 0 Å². The summed E-state index contributed by atoms with van der Waals surface area (Å²) in [5, 5.41) is 18.1. The molecule has 2 aromatic rings. The van der Waals surface area contributed by atoms with Crippen LogP contribution in [0.25, 0.3) is 10.9 Å². The summed E-state index contributed by atoms with van der Waals surface area (Å²) in [6.07, 6.45) is 1.75. The van der Waals surface area contributed by atoms with E-state index in [2.05, 4.69) is 10.2 Å². The van der Waals surface area contributed by atoms with Gasteiger partial charge in [-0.2, -0.15) is 5.10 Å². The number of hydrogen-bond donors (Lipinski definition) is 2. The van der Waals surface area contributed by atoms with E-state index in [1.54, 1.807) is 18.7 Å². The number of carbonyl (C=O) groups is 1. The van der Waals surface area contributed by atoms with Crippen molar-refractivity contribution >= 4 is 16.8 Å². The first-order valence-electron chi connectivity index (χ1n) is 6.95. The number of hydrogen-bond acceptors (Lipinski definition) is 3. The Hall–Kier alpha value is -1.88. The number of para-hydroxylation sites is 1. The van der Waals surface area contributed by atoms with Crippen LogP contribution >= 0.6 is 0 Å². The molecule has 2 heterocycles. The zero-order chi connectivity index (χ0) is 14.3. The fourth-order valence-electron chi connectivity index (χ4n) is 3.01. The van der Waals surface area contributed by atoms with E-state index in [1.165, 1.54) is 0 Å². The van der Waals surface area contributed by atoms with Crippen LogP contribution in [0, 0.1) is 0 Å². The van der Waals surface area contributed by atoms with E-state index in [0.29, 0.717) is 12.2 Å². The molecule has 1 atom stereocenters. The molecule has 2 N–H and O–H groups in total. The largest absolute Gasteiger partial charge is 0.388 e. The molecule has 20 heavy (non-hydrogen) atoms. The van der Waals surface area contributed by atoms with Gasteiger partial charge in [-0.25, -0.2) is 0 Å². The van der Waals surface area contributed by atoms with Crippen LogP contribution in [0.4, 0.5) is 0 Å². The fourth-order valence-corrected chi connectivity index (χ4v) is 3.01. The summed E-state index contributed by atoms with van der Waals surface area (Å²) in [5.41, 5.74) is 0.407. The number of aromatic amines is 1. The van der Waals surface area contributed by atoms with Gasteiger partial charge in [0.15, 0.2) is 5.69 Å². The highest BCUT2D eigenvalue weighted by molar-refractivity contribution is 6.04. The van der Waals surface area contributed by atoms with E-state index >= 15 is 0 Å². The van der Waals surface area contributed by atoms with Gasteiger partial charge < -0.3 is 10.0 Å². The predicted octanol–water partition coefficient (Wildman–Crippen LogP) is 1.94. The smallest absolute Gasteiger partial charge is 0.275 e. The second-order valence-electron chi connectivity index (χ2n) is 5.93. The van der Waals surface area contributed by atoms with Crippen LogP contribution in [0.15, 0.2) is 24.3 Å². The number of likely N-dealkylation sites (tertiary alicyclic amines) is 1. The Balaban J connectivity index is 1.96. The van der Waals surface area contributed by atoms with E-state index in [0.717, 1.165) is 23.7 Å². The molecular weight excluding hydrogens is 254 g/mol. The van der Waals surface area contributed by atoms with Crippen molar-refractivity contribution < 1.29 is 9.90 Å².